The number of aliphatic hydroxyl groups is 1. The van der Waals surface area contributed by atoms with Crippen LogP contribution in [0.4, 0.5) is 0 Å². The number of aliphatic hydroxyl groups excluding tert-OH is 1. The lowest BCUT2D eigenvalue weighted by molar-refractivity contribution is 0.122. The zero-order valence-corrected chi connectivity index (χ0v) is 17.1. The zero-order valence-electron chi connectivity index (χ0n) is 16.3. The van der Waals surface area contributed by atoms with Gasteiger partial charge in [-0.2, -0.15) is 0 Å². The molecule has 1 unspecified atom stereocenters. The molecule has 0 bridgehead atoms. The molecule has 2 N–H and O–H groups in total. The number of sulfonamides is 1. The van der Waals surface area contributed by atoms with Crippen molar-refractivity contribution in [2.45, 2.75) is 39.5 Å². The molecule has 2 rings (SSSR count). The van der Waals surface area contributed by atoms with E-state index in [1.54, 1.807) is 20.8 Å². The molecule has 27 heavy (non-hydrogen) atoms. The van der Waals surface area contributed by atoms with Gasteiger partial charge in [0, 0.05) is 6.04 Å². The van der Waals surface area contributed by atoms with Gasteiger partial charge in [-0.3, -0.25) is 0 Å². The number of hydrogen-bond acceptors (Lipinski definition) is 5. The van der Waals surface area contributed by atoms with E-state index in [4.69, 9.17) is 14.6 Å². The summed E-state index contributed by atoms with van der Waals surface area (Å²) >= 11 is 0. The van der Waals surface area contributed by atoms with E-state index >= 15 is 0 Å². The molecule has 0 saturated carbocycles. The lowest BCUT2D eigenvalue weighted by Gasteiger charge is -2.09. The Hall–Kier alpha value is -2.09. The van der Waals surface area contributed by atoms with E-state index in [0.29, 0.717) is 13.2 Å². The molecule has 6 nitrogen and oxygen atoms in total. The molecule has 0 aliphatic carbocycles. The summed E-state index contributed by atoms with van der Waals surface area (Å²) in [6.45, 7) is 6.10. The number of hydrogen-bond donors (Lipinski definition) is 2. The lowest BCUT2D eigenvalue weighted by atomic mass is 10.2. The van der Waals surface area contributed by atoms with Gasteiger partial charge in [-0.25, -0.2) is 13.1 Å². The molecule has 0 saturated heterocycles. The smallest absolute Gasteiger partial charge is 0.208 e. The van der Waals surface area contributed by atoms with E-state index in [1.165, 1.54) is 0 Å². The second-order valence-corrected chi connectivity index (χ2v) is 8.23. The molecule has 1 atom stereocenters. The second-order valence-electron chi connectivity index (χ2n) is 6.45. The summed E-state index contributed by atoms with van der Waals surface area (Å²) in [4.78, 5) is 0. The van der Waals surface area contributed by atoms with E-state index in [-0.39, 0.29) is 6.04 Å². The molecule has 0 amide bonds. The Morgan fingerprint density at radius 1 is 0.926 bits per heavy atom. The van der Waals surface area contributed by atoms with Gasteiger partial charge >= 0.3 is 0 Å². The monoisotopic (exact) mass is 395 g/mol. The third-order valence-corrected chi connectivity index (χ3v) is 3.91. The summed E-state index contributed by atoms with van der Waals surface area (Å²) in [5.74, 6) is 1.53. The highest BCUT2D eigenvalue weighted by Gasteiger charge is 2.01. The summed E-state index contributed by atoms with van der Waals surface area (Å²) in [7, 11) is -2.97. The molecule has 0 aliphatic rings. The molecule has 2 aromatic rings. The Balaban J connectivity index is 0.000000387. The number of benzene rings is 2. The molecule has 0 heterocycles. The first-order valence-corrected chi connectivity index (χ1v) is 10.6. The van der Waals surface area contributed by atoms with Gasteiger partial charge in [-0.15, -0.1) is 0 Å². The van der Waals surface area contributed by atoms with E-state index in [0.717, 1.165) is 23.3 Å². The Morgan fingerprint density at radius 2 is 1.44 bits per heavy atom. The summed E-state index contributed by atoms with van der Waals surface area (Å²) in [5, 5.41) is 9.13. The minimum absolute atomic E-state index is 0.00463. The van der Waals surface area contributed by atoms with Crippen molar-refractivity contribution < 1.29 is 23.0 Å². The SMILES string of the molecule is CC(C)NS(C)(=O)=O.CC(O)COc1ccc(OCc2ccccc2)cc1. The number of nitrogens with one attached hydrogen (secondary N) is 1. The third kappa shape index (κ3) is 12.0. The van der Waals surface area contributed by atoms with Crippen molar-refractivity contribution in [3.63, 3.8) is 0 Å². The Morgan fingerprint density at radius 3 is 1.85 bits per heavy atom. The normalized spacial score (nSPS) is 12.1. The fraction of sp³-hybridized carbons (Fsp3) is 0.400. The molecule has 0 aliphatic heterocycles. The molecule has 0 radical (unpaired) electrons. The van der Waals surface area contributed by atoms with Gasteiger partial charge in [0.2, 0.25) is 10.0 Å². The van der Waals surface area contributed by atoms with E-state index < -0.39 is 16.1 Å². The first-order valence-electron chi connectivity index (χ1n) is 8.70. The topological polar surface area (TPSA) is 84.9 Å². The van der Waals surface area contributed by atoms with Crippen LogP contribution < -0.4 is 14.2 Å². The first-order chi connectivity index (χ1) is 12.7. The van der Waals surface area contributed by atoms with Crippen LogP contribution >= 0.6 is 0 Å². The highest BCUT2D eigenvalue weighted by molar-refractivity contribution is 7.88. The predicted molar refractivity (Wildman–Crippen MR) is 108 cm³/mol. The van der Waals surface area contributed by atoms with Crippen molar-refractivity contribution in [1.29, 1.82) is 0 Å². The minimum atomic E-state index is -2.97. The Labute approximate surface area is 162 Å². The lowest BCUT2D eigenvalue weighted by Crippen LogP contribution is -2.28. The number of ether oxygens (including phenoxy) is 2. The summed E-state index contributed by atoms with van der Waals surface area (Å²) in [6.07, 6.45) is 0.682. The van der Waals surface area contributed by atoms with Gasteiger partial charge in [0.25, 0.3) is 0 Å². The largest absolute Gasteiger partial charge is 0.491 e. The Kier molecular flexibility index (Phi) is 9.85. The van der Waals surface area contributed by atoms with Gasteiger partial charge in [0.15, 0.2) is 0 Å². The fourth-order valence-corrected chi connectivity index (χ4v) is 2.87. The van der Waals surface area contributed by atoms with Crippen LogP contribution in [0.25, 0.3) is 0 Å². The van der Waals surface area contributed by atoms with Crippen LogP contribution in [0.1, 0.15) is 26.3 Å². The minimum Gasteiger partial charge on any atom is -0.491 e. The average molecular weight is 396 g/mol. The van der Waals surface area contributed by atoms with Gasteiger partial charge in [0.1, 0.15) is 24.7 Å². The maximum absolute atomic E-state index is 10.3. The van der Waals surface area contributed by atoms with Crippen LogP contribution in [-0.2, 0) is 16.6 Å². The average Bonchev–Trinajstić information content (AvgIpc) is 2.58. The predicted octanol–water partition coefficient (Wildman–Crippen LogP) is 2.97. The van der Waals surface area contributed by atoms with Crippen LogP contribution in [0, 0.1) is 0 Å². The standard InChI is InChI=1S/C16H18O3.C4H11NO2S/c1-13(17)11-18-15-7-9-16(10-8-15)19-12-14-5-3-2-4-6-14;1-4(2)5-8(3,6)7/h2-10,13,17H,11-12H2,1H3;4-5H,1-3H3. The van der Waals surface area contributed by atoms with Crippen LogP contribution in [0.3, 0.4) is 0 Å². The van der Waals surface area contributed by atoms with Crippen molar-refractivity contribution >= 4 is 10.0 Å². The first kappa shape index (κ1) is 23.0. The van der Waals surface area contributed by atoms with Crippen molar-refractivity contribution in [3.05, 3.63) is 60.2 Å². The maximum Gasteiger partial charge on any atom is 0.208 e. The molecule has 150 valence electrons. The molecular formula is C20H29NO5S. The van der Waals surface area contributed by atoms with E-state index in [9.17, 15) is 8.42 Å². The molecule has 0 spiro atoms. The van der Waals surface area contributed by atoms with E-state index in [1.807, 2.05) is 54.6 Å². The van der Waals surface area contributed by atoms with Crippen LogP contribution in [0.2, 0.25) is 0 Å². The third-order valence-electron chi connectivity index (χ3n) is 3.01. The second kappa shape index (κ2) is 11.6. The summed E-state index contributed by atoms with van der Waals surface area (Å²) in [5.41, 5.74) is 1.14. The van der Waals surface area contributed by atoms with Gasteiger partial charge in [-0.05, 0) is 50.6 Å². The summed E-state index contributed by atoms with van der Waals surface area (Å²) in [6, 6.07) is 17.4. The van der Waals surface area contributed by atoms with E-state index in [2.05, 4.69) is 4.72 Å². The van der Waals surface area contributed by atoms with Crippen LogP contribution in [0.5, 0.6) is 11.5 Å². The highest BCUT2D eigenvalue weighted by Crippen LogP contribution is 2.18. The molecule has 2 aromatic carbocycles. The molecule has 0 aromatic heterocycles. The van der Waals surface area contributed by atoms with Gasteiger partial charge in [0.05, 0.1) is 12.4 Å². The maximum atomic E-state index is 10.3. The Bertz CT molecular complexity index is 744. The molecular weight excluding hydrogens is 366 g/mol. The summed E-state index contributed by atoms with van der Waals surface area (Å²) < 4.78 is 34.1. The highest BCUT2D eigenvalue weighted by atomic mass is 32.2. The molecule has 7 heteroatoms. The van der Waals surface area contributed by atoms with Crippen molar-refractivity contribution in [1.82, 2.24) is 4.72 Å². The van der Waals surface area contributed by atoms with Gasteiger partial charge < -0.3 is 14.6 Å². The van der Waals surface area contributed by atoms with Crippen LogP contribution in [0.15, 0.2) is 54.6 Å². The van der Waals surface area contributed by atoms with Gasteiger partial charge in [-0.1, -0.05) is 30.3 Å². The van der Waals surface area contributed by atoms with Crippen molar-refractivity contribution in [3.8, 4) is 11.5 Å². The number of rotatable bonds is 8. The van der Waals surface area contributed by atoms with Crippen molar-refractivity contribution in [2.24, 2.45) is 0 Å². The van der Waals surface area contributed by atoms with Crippen LogP contribution in [-0.4, -0.2) is 38.5 Å². The fourth-order valence-electron chi connectivity index (χ4n) is 2.02. The van der Waals surface area contributed by atoms with Crippen molar-refractivity contribution in [2.75, 3.05) is 12.9 Å². The molecule has 0 fully saturated rings. The zero-order chi connectivity index (χ0) is 20.3. The quantitative estimate of drug-likeness (QED) is 0.718.